The number of urea groups is 1. The van der Waals surface area contributed by atoms with Gasteiger partial charge in [0.2, 0.25) is 5.88 Å². The number of carbonyl (C=O) groups excluding carboxylic acids is 1. The molecular weight excluding hydrogens is 292 g/mol. The fraction of sp³-hybridized carbons (Fsp3) is 0.647. The molecule has 0 unspecified atom stereocenters. The lowest BCUT2D eigenvalue weighted by atomic mass is 9.75. The Kier molecular flexibility index (Phi) is 5.82. The van der Waals surface area contributed by atoms with Gasteiger partial charge in [0.1, 0.15) is 5.69 Å². The molecule has 6 nitrogen and oxygen atoms in total. The molecule has 2 atom stereocenters. The van der Waals surface area contributed by atoms with Crippen LogP contribution in [0.1, 0.15) is 32.6 Å². The number of nitrogens with zero attached hydrogens (tertiary/aromatic N) is 2. The molecule has 0 bridgehead atoms. The number of aromatic nitrogens is 1. The molecule has 0 radical (unpaired) electrons. The van der Waals surface area contributed by atoms with Gasteiger partial charge in [-0.1, -0.05) is 19.8 Å². The average molecular weight is 320 g/mol. The molecular formula is C17H28N4O2. The van der Waals surface area contributed by atoms with Crippen LogP contribution in [0.5, 0.6) is 5.88 Å². The number of amides is 2. The molecule has 0 spiro atoms. The third kappa shape index (κ3) is 4.34. The van der Waals surface area contributed by atoms with Crippen LogP contribution in [0.25, 0.3) is 0 Å². The highest BCUT2D eigenvalue weighted by atomic mass is 16.5. The summed E-state index contributed by atoms with van der Waals surface area (Å²) in [5.74, 6) is 1.10. The smallest absolute Gasteiger partial charge is 0.319 e. The van der Waals surface area contributed by atoms with Gasteiger partial charge in [0.25, 0.3) is 0 Å². The quantitative estimate of drug-likeness (QED) is 0.875. The summed E-state index contributed by atoms with van der Waals surface area (Å²) in [5.41, 5.74) is 0.608. The maximum absolute atomic E-state index is 12.2. The van der Waals surface area contributed by atoms with Crippen molar-refractivity contribution in [3.8, 4) is 5.88 Å². The number of anilines is 1. The van der Waals surface area contributed by atoms with Gasteiger partial charge in [-0.15, -0.1) is 0 Å². The lowest BCUT2D eigenvalue weighted by Gasteiger charge is -2.45. The number of rotatable bonds is 5. The predicted octanol–water partition coefficient (Wildman–Crippen LogP) is 2.72. The first kappa shape index (κ1) is 17.5. The predicted molar refractivity (Wildman–Crippen MR) is 91.9 cm³/mol. The van der Waals surface area contributed by atoms with Crippen molar-refractivity contribution in [1.29, 1.82) is 0 Å². The number of likely N-dealkylation sites (N-methyl/N-ethyl adjacent to an activating group) is 1. The average Bonchev–Trinajstić information content (AvgIpc) is 2.53. The van der Waals surface area contributed by atoms with Crippen LogP contribution in [0.3, 0.4) is 0 Å². The highest BCUT2D eigenvalue weighted by molar-refractivity contribution is 5.90. The summed E-state index contributed by atoms with van der Waals surface area (Å²) in [6, 6.07) is 3.31. The zero-order chi connectivity index (χ0) is 16.9. The molecule has 0 saturated heterocycles. The first-order chi connectivity index (χ1) is 11.0. The van der Waals surface area contributed by atoms with Crippen LogP contribution < -0.4 is 15.4 Å². The summed E-state index contributed by atoms with van der Waals surface area (Å²) in [5, 5.41) is 5.83. The van der Waals surface area contributed by atoms with E-state index in [0.29, 0.717) is 24.0 Å². The highest BCUT2D eigenvalue weighted by Gasteiger charge is 2.37. The molecule has 1 saturated carbocycles. The Morgan fingerprint density at radius 2 is 2.30 bits per heavy atom. The fourth-order valence-corrected chi connectivity index (χ4v) is 3.42. The van der Waals surface area contributed by atoms with E-state index < -0.39 is 0 Å². The standard InChI is InChI=1S/C17H28N4O2/c1-13-7-5-9-17(11-13,21(2)3)12-19-16(22)20-14-8-6-10-18-15(14)23-4/h6,8,10,13H,5,7,9,11-12H2,1-4H3,(H2,19,20,22)/t13-,17-/m0/s1. The van der Waals surface area contributed by atoms with Crippen molar-refractivity contribution in [2.45, 2.75) is 38.1 Å². The van der Waals surface area contributed by atoms with Crippen molar-refractivity contribution in [3.05, 3.63) is 18.3 Å². The van der Waals surface area contributed by atoms with E-state index in [9.17, 15) is 4.79 Å². The zero-order valence-electron chi connectivity index (χ0n) is 14.6. The molecule has 0 aliphatic heterocycles. The number of hydrogen-bond donors (Lipinski definition) is 2. The number of ether oxygens (including phenoxy) is 1. The van der Waals surface area contributed by atoms with Crippen molar-refractivity contribution >= 4 is 11.7 Å². The Morgan fingerprint density at radius 3 is 2.96 bits per heavy atom. The first-order valence-corrected chi connectivity index (χ1v) is 8.18. The van der Waals surface area contributed by atoms with E-state index in [0.717, 1.165) is 12.8 Å². The molecule has 1 heterocycles. The van der Waals surface area contributed by atoms with Crippen molar-refractivity contribution in [1.82, 2.24) is 15.2 Å². The van der Waals surface area contributed by atoms with E-state index in [4.69, 9.17) is 4.74 Å². The largest absolute Gasteiger partial charge is 0.480 e. The summed E-state index contributed by atoms with van der Waals surface area (Å²) < 4.78 is 5.15. The Labute approximate surface area is 138 Å². The minimum absolute atomic E-state index is 0.0357. The SMILES string of the molecule is COc1ncccc1NC(=O)NC[C@]1(N(C)C)CCC[C@H](C)C1. The molecule has 2 N–H and O–H groups in total. The van der Waals surface area contributed by atoms with E-state index in [1.54, 1.807) is 18.3 Å². The summed E-state index contributed by atoms with van der Waals surface area (Å²) in [7, 11) is 5.74. The number of nitrogens with one attached hydrogen (secondary N) is 2. The number of carbonyl (C=O) groups is 1. The summed E-state index contributed by atoms with van der Waals surface area (Å²) in [4.78, 5) is 18.6. The Bertz CT molecular complexity index is 535. The van der Waals surface area contributed by atoms with E-state index in [2.05, 4.69) is 41.5 Å². The lowest BCUT2D eigenvalue weighted by molar-refractivity contribution is 0.0779. The third-order valence-corrected chi connectivity index (χ3v) is 4.81. The van der Waals surface area contributed by atoms with Gasteiger partial charge in [0, 0.05) is 18.3 Å². The Morgan fingerprint density at radius 1 is 1.52 bits per heavy atom. The number of pyridine rings is 1. The minimum atomic E-state index is -0.226. The maximum Gasteiger partial charge on any atom is 0.319 e. The number of hydrogen-bond acceptors (Lipinski definition) is 4. The van der Waals surface area contributed by atoms with E-state index >= 15 is 0 Å². The topological polar surface area (TPSA) is 66.5 Å². The Balaban J connectivity index is 1.97. The highest BCUT2D eigenvalue weighted by Crippen LogP contribution is 2.35. The van der Waals surface area contributed by atoms with Gasteiger partial charge in [0.05, 0.1) is 7.11 Å². The fourth-order valence-electron chi connectivity index (χ4n) is 3.42. The van der Waals surface area contributed by atoms with Crippen LogP contribution in [0.2, 0.25) is 0 Å². The van der Waals surface area contributed by atoms with Gasteiger partial charge in [-0.2, -0.15) is 0 Å². The molecule has 1 aromatic rings. The Hall–Kier alpha value is -1.82. The zero-order valence-corrected chi connectivity index (χ0v) is 14.6. The van der Waals surface area contributed by atoms with Crippen LogP contribution in [0.15, 0.2) is 18.3 Å². The van der Waals surface area contributed by atoms with Crippen LogP contribution in [0.4, 0.5) is 10.5 Å². The molecule has 1 aliphatic carbocycles. The van der Waals surface area contributed by atoms with E-state index in [-0.39, 0.29) is 11.6 Å². The monoisotopic (exact) mass is 320 g/mol. The van der Waals surface area contributed by atoms with Gasteiger partial charge in [-0.05, 0) is 45.0 Å². The molecule has 1 fully saturated rings. The van der Waals surface area contributed by atoms with Crippen molar-refractivity contribution < 1.29 is 9.53 Å². The maximum atomic E-state index is 12.2. The van der Waals surface area contributed by atoms with Gasteiger partial charge in [-0.3, -0.25) is 0 Å². The van der Waals surface area contributed by atoms with Gasteiger partial charge < -0.3 is 20.3 Å². The molecule has 1 aromatic heterocycles. The van der Waals surface area contributed by atoms with Gasteiger partial charge in [0.15, 0.2) is 0 Å². The summed E-state index contributed by atoms with van der Waals surface area (Å²) >= 11 is 0. The molecule has 23 heavy (non-hydrogen) atoms. The molecule has 6 heteroatoms. The van der Waals surface area contributed by atoms with Crippen molar-refractivity contribution in [2.75, 3.05) is 33.1 Å². The normalized spacial score (nSPS) is 24.3. The van der Waals surface area contributed by atoms with Crippen molar-refractivity contribution in [2.24, 2.45) is 5.92 Å². The summed E-state index contributed by atoms with van der Waals surface area (Å²) in [6.45, 7) is 2.93. The third-order valence-electron chi connectivity index (χ3n) is 4.81. The molecule has 128 valence electrons. The van der Waals surface area contributed by atoms with Crippen LogP contribution in [-0.2, 0) is 0 Å². The van der Waals surface area contributed by atoms with Crippen molar-refractivity contribution in [3.63, 3.8) is 0 Å². The number of methoxy groups -OCH3 is 1. The van der Waals surface area contributed by atoms with E-state index in [1.807, 2.05) is 0 Å². The molecule has 2 amide bonds. The van der Waals surface area contributed by atoms with Gasteiger partial charge >= 0.3 is 6.03 Å². The molecule has 2 rings (SSSR count). The van der Waals surface area contributed by atoms with Crippen LogP contribution in [-0.4, -0.2) is 49.2 Å². The first-order valence-electron chi connectivity index (χ1n) is 8.18. The second-order valence-electron chi connectivity index (χ2n) is 6.69. The van der Waals surface area contributed by atoms with Gasteiger partial charge in [-0.25, -0.2) is 9.78 Å². The van der Waals surface area contributed by atoms with E-state index in [1.165, 1.54) is 20.0 Å². The second kappa shape index (κ2) is 7.64. The minimum Gasteiger partial charge on any atom is -0.480 e. The van der Waals surface area contributed by atoms with Crippen LogP contribution >= 0.6 is 0 Å². The molecule has 0 aromatic carbocycles. The molecule has 1 aliphatic rings. The lowest BCUT2D eigenvalue weighted by Crippen LogP contribution is -2.55. The van der Waals surface area contributed by atoms with Crippen LogP contribution in [0, 0.1) is 5.92 Å². The summed E-state index contributed by atoms with van der Waals surface area (Å²) in [6.07, 6.45) is 6.33. The second-order valence-corrected chi connectivity index (χ2v) is 6.69.